The topological polar surface area (TPSA) is 148 Å². The number of hydrogen-bond donors (Lipinski definition) is 3. The lowest BCUT2D eigenvalue weighted by molar-refractivity contribution is -0.147. The summed E-state index contributed by atoms with van der Waals surface area (Å²) >= 11 is 0. The van der Waals surface area contributed by atoms with Gasteiger partial charge < -0.3 is 34.8 Å². The first-order chi connectivity index (χ1) is 32.1. The zero-order valence-corrected chi connectivity index (χ0v) is 40.0. The Labute approximate surface area is 391 Å². The van der Waals surface area contributed by atoms with E-state index in [0.717, 1.165) is 143 Å². The smallest absolute Gasteiger partial charge is 0.322 e. The molecule has 4 amide bonds. The Kier molecular flexibility index (Phi) is 17.1. The number of unbranched alkanes of at least 4 members (excludes halogenated alkanes) is 2. The molecule has 2 aromatic carbocycles. The van der Waals surface area contributed by atoms with Gasteiger partial charge in [-0.1, -0.05) is 63.1 Å². The number of fused-ring (bicyclic) bond motifs is 1. The van der Waals surface area contributed by atoms with Gasteiger partial charge in [0, 0.05) is 114 Å². The number of carbonyl (C=O) groups excluding carboxylic acids is 3. The summed E-state index contributed by atoms with van der Waals surface area (Å²) in [5.41, 5.74) is 7.32. The van der Waals surface area contributed by atoms with Crippen LogP contribution in [-0.2, 0) is 27.3 Å². The maximum atomic E-state index is 13.0. The van der Waals surface area contributed by atoms with Crippen molar-refractivity contribution in [3.63, 3.8) is 0 Å². The van der Waals surface area contributed by atoms with Gasteiger partial charge in [-0.15, -0.1) is 0 Å². The Morgan fingerprint density at radius 3 is 2.36 bits per heavy atom. The summed E-state index contributed by atoms with van der Waals surface area (Å²) in [7, 11) is 3.03. The third-order valence-corrected chi connectivity index (χ3v) is 14.0. The van der Waals surface area contributed by atoms with Crippen molar-refractivity contribution in [3.8, 4) is 11.1 Å². The molecule has 4 aromatic rings. The molecule has 3 N–H and O–H groups in total. The number of nitrogens with zero attached hydrogens (tertiary/aromatic N) is 7. The third-order valence-electron chi connectivity index (χ3n) is 14.0. The van der Waals surface area contributed by atoms with Gasteiger partial charge in [-0.3, -0.25) is 19.4 Å². The van der Waals surface area contributed by atoms with Crippen LogP contribution in [0.4, 0.5) is 16.4 Å². The van der Waals surface area contributed by atoms with Crippen molar-refractivity contribution in [2.24, 2.45) is 5.92 Å². The molecule has 1 atom stereocenters. The maximum Gasteiger partial charge on any atom is 0.322 e. The number of nitrogens with one attached hydrogen (secondary N) is 2. The number of amides is 4. The van der Waals surface area contributed by atoms with Crippen LogP contribution < -0.4 is 15.5 Å². The van der Waals surface area contributed by atoms with Crippen molar-refractivity contribution in [3.05, 3.63) is 83.9 Å². The van der Waals surface area contributed by atoms with Crippen LogP contribution in [0.5, 0.6) is 0 Å². The fourth-order valence-electron chi connectivity index (χ4n) is 9.71. The second kappa shape index (κ2) is 23.3. The molecule has 356 valence electrons. The van der Waals surface area contributed by atoms with Gasteiger partial charge in [0.15, 0.2) is 0 Å². The van der Waals surface area contributed by atoms with E-state index >= 15 is 0 Å². The van der Waals surface area contributed by atoms with Crippen LogP contribution in [0, 0.1) is 12.8 Å². The zero-order valence-electron chi connectivity index (χ0n) is 40.0. The van der Waals surface area contributed by atoms with Crippen LogP contribution in [0.25, 0.3) is 22.2 Å². The highest BCUT2D eigenvalue weighted by Crippen LogP contribution is 2.37. The molecule has 2 aliphatic heterocycles. The quantitative estimate of drug-likeness (QED) is 0.0550. The lowest BCUT2D eigenvalue weighted by Gasteiger charge is -2.36. The first-order valence-corrected chi connectivity index (χ1v) is 24.6. The van der Waals surface area contributed by atoms with E-state index in [-0.39, 0.29) is 30.4 Å². The minimum Gasteiger partial charge on any atom is -0.393 e. The lowest BCUT2D eigenvalue weighted by Crippen LogP contribution is -2.57. The summed E-state index contributed by atoms with van der Waals surface area (Å²) in [6.07, 6.45) is 19.9. The van der Waals surface area contributed by atoms with Crippen LogP contribution >= 0.6 is 0 Å². The molecule has 4 heterocycles. The van der Waals surface area contributed by atoms with E-state index in [2.05, 4.69) is 87.8 Å². The highest BCUT2D eigenvalue weighted by atomic mass is 16.5. The van der Waals surface area contributed by atoms with Crippen molar-refractivity contribution in [2.45, 2.75) is 129 Å². The monoisotopic (exact) mass is 904 g/mol. The molecular weight excluding hydrogens is 831 g/mol. The van der Waals surface area contributed by atoms with E-state index in [0.29, 0.717) is 36.6 Å². The van der Waals surface area contributed by atoms with Crippen LogP contribution in [-0.4, -0.2) is 118 Å². The second-order valence-electron chi connectivity index (χ2n) is 18.6. The van der Waals surface area contributed by atoms with Crippen molar-refractivity contribution in [2.75, 3.05) is 63.7 Å². The molecule has 14 heteroatoms. The summed E-state index contributed by atoms with van der Waals surface area (Å²) in [5.74, 6) is 0.704. The second-order valence-corrected chi connectivity index (χ2v) is 18.6. The maximum absolute atomic E-state index is 13.0. The van der Waals surface area contributed by atoms with Crippen LogP contribution in [0.1, 0.15) is 114 Å². The van der Waals surface area contributed by atoms with Gasteiger partial charge in [0.25, 0.3) is 5.91 Å². The zero-order chi connectivity index (χ0) is 46.6. The Bertz CT molecular complexity index is 2270. The predicted octanol–water partition coefficient (Wildman–Crippen LogP) is 8.43. The van der Waals surface area contributed by atoms with Gasteiger partial charge in [-0.25, -0.2) is 9.78 Å². The molecule has 0 bridgehead atoms. The number of hydrogen-bond acceptors (Lipinski definition) is 10. The van der Waals surface area contributed by atoms with E-state index in [9.17, 15) is 19.5 Å². The molecule has 7 rings (SSSR count). The van der Waals surface area contributed by atoms with Gasteiger partial charge in [-0.05, 0) is 105 Å². The number of ether oxygens (including phenoxy) is 1. The molecule has 1 unspecified atom stereocenters. The highest BCUT2D eigenvalue weighted by Gasteiger charge is 2.39. The molecular formula is C52H73N9O5. The van der Waals surface area contributed by atoms with Gasteiger partial charge in [0.1, 0.15) is 11.7 Å². The molecule has 1 saturated carbocycles. The summed E-state index contributed by atoms with van der Waals surface area (Å²) in [4.78, 5) is 55.2. The number of benzene rings is 2. The van der Waals surface area contributed by atoms with Crippen LogP contribution in [0.3, 0.4) is 0 Å². The van der Waals surface area contributed by atoms with Gasteiger partial charge in [0.2, 0.25) is 11.9 Å². The molecule has 2 aromatic heterocycles. The number of aliphatic hydroxyl groups excluding tert-OH is 1. The number of carbonyl (C=O) groups is 3. The number of aliphatic hydroxyl groups is 1. The minimum absolute atomic E-state index is 0.204. The fraction of sp³-hybridized carbons (Fsp3) is 0.558. The molecule has 14 nitrogen and oxygen atoms in total. The first kappa shape index (κ1) is 48.5. The number of likely N-dealkylation sites (tertiary alicyclic amines) is 1. The number of aromatic nitrogens is 3. The number of likely N-dealkylation sites (N-methyl/N-ethyl adjacent to an activating group) is 1. The van der Waals surface area contributed by atoms with Crippen molar-refractivity contribution < 1.29 is 24.2 Å². The summed E-state index contributed by atoms with van der Waals surface area (Å²) in [5, 5.41) is 17.5. The molecule has 0 radical (unpaired) electrons. The summed E-state index contributed by atoms with van der Waals surface area (Å²) < 4.78 is 8.34. The predicted molar refractivity (Wildman–Crippen MR) is 262 cm³/mol. The van der Waals surface area contributed by atoms with E-state index < -0.39 is 6.04 Å². The van der Waals surface area contributed by atoms with Crippen molar-refractivity contribution in [1.82, 2.24) is 34.6 Å². The Morgan fingerprint density at radius 2 is 1.65 bits per heavy atom. The molecule has 3 aliphatic rings. The molecule has 1 saturated heterocycles. The number of imide groups is 1. The molecule has 1 aliphatic carbocycles. The van der Waals surface area contributed by atoms with Gasteiger partial charge in [-0.2, -0.15) is 4.98 Å². The van der Waals surface area contributed by atoms with Crippen LogP contribution in [0.2, 0.25) is 0 Å². The largest absolute Gasteiger partial charge is 0.393 e. The standard InChI is InChI=1S/C52H73N9O5/c1-6-38(7-2)33-54-51-55-34-44-45(36-60(49(44)56-51)42-18-20-43(62)21-19-42)41-16-13-40(14-17-41)35-59-28-26-58(27-29-59)25-9-8-10-30-66-31-11-12-39-15-22-46(37(3)32-39)61(52(65)53-4)47-23-24-48(63)57(5)50(47)64/h13-17,22,26,28,32,34,36,38,42-43,47,62H,6-12,18-21,23-25,27,29-31,33,35H2,1-5H3,(H,53,65)(H,54,55,56). The van der Waals surface area contributed by atoms with E-state index in [1.54, 1.807) is 7.05 Å². The van der Waals surface area contributed by atoms with Crippen LogP contribution in [0.15, 0.2) is 67.3 Å². The summed E-state index contributed by atoms with van der Waals surface area (Å²) in [6, 6.07) is 14.2. The molecule has 2 fully saturated rings. The van der Waals surface area contributed by atoms with E-state index in [1.165, 1.54) is 23.1 Å². The Hall–Kier alpha value is -5.47. The number of piperidine rings is 1. The van der Waals surface area contributed by atoms with Crippen molar-refractivity contribution >= 4 is 40.5 Å². The number of rotatable bonds is 21. The summed E-state index contributed by atoms with van der Waals surface area (Å²) in [6.45, 7) is 12.7. The fourth-order valence-corrected chi connectivity index (χ4v) is 9.71. The molecule has 66 heavy (non-hydrogen) atoms. The van der Waals surface area contributed by atoms with Gasteiger partial charge >= 0.3 is 6.03 Å². The minimum atomic E-state index is -0.718. The Morgan fingerprint density at radius 1 is 0.924 bits per heavy atom. The number of urea groups is 1. The van der Waals surface area contributed by atoms with Gasteiger partial charge in [0.05, 0.1) is 6.10 Å². The average molecular weight is 904 g/mol. The lowest BCUT2D eigenvalue weighted by atomic mass is 9.93. The normalized spacial score (nSPS) is 19.0. The van der Waals surface area contributed by atoms with E-state index in [4.69, 9.17) is 14.7 Å². The average Bonchev–Trinajstić information content (AvgIpc) is 3.71. The molecule has 0 spiro atoms. The first-order valence-electron chi connectivity index (χ1n) is 24.6. The SMILES string of the molecule is CCC(CC)CNc1ncc2c(-c3ccc(CN4C=CN(CCCCCOCCCc5ccc(N(C(=O)NC)C6CCC(=O)N(C)C6=O)c(C)c5)CC4)cc3)cn(C3CCC(O)CC3)c2n1. The Balaban J connectivity index is 0.815. The third kappa shape index (κ3) is 12.1. The highest BCUT2D eigenvalue weighted by molar-refractivity contribution is 6.06. The number of anilines is 2. The van der Waals surface area contributed by atoms with E-state index in [1.807, 2.05) is 25.3 Å². The van der Waals surface area contributed by atoms with Crippen molar-refractivity contribution in [1.29, 1.82) is 0 Å². The number of aryl methyl sites for hydroxylation is 2.